The summed E-state index contributed by atoms with van der Waals surface area (Å²) in [6.07, 6.45) is 0. The van der Waals surface area contributed by atoms with E-state index in [2.05, 4.69) is 15.9 Å². The molecule has 1 aromatic rings. The van der Waals surface area contributed by atoms with Crippen LogP contribution in [0.25, 0.3) is 0 Å². The van der Waals surface area contributed by atoms with E-state index >= 15 is 0 Å². The van der Waals surface area contributed by atoms with E-state index in [-0.39, 0.29) is 16.6 Å². The Morgan fingerprint density at radius 2 is 2.00 bits per heavy atom. The quantitative estimate of drug-likeness (QED) is 0.359. The van der Waals surface area contributed by atoms with Gasteiger partial charge in [0.25, 0.3) is 11.4 Å². The van der Waals surface area contributed by atoms with Gasteiger partial charge in [0.1, 0.15) is 0 Å². The third kappa shape index (κ3) is 3.67. The average Bonchev–Trinajstić information content (AvgIpc) is 2.28. The van der Waals surface area contributed by atoms with Gasteiger partial charge in [-0.3, -0.25) is 20.2 Å². The van der Waals surface area contributed by atoms with E-state index in [1.54, 1.807) is 0 Å². The molecule has 8 heteroatoms. The summed E-state index contributed by atoms with van der Waals surface area (Å²) >= 11 is 4.58. The van der Waals surface area contributed by atoms with Crippen LogP contribution >= 0.6 is 27.7 Å². The van der Waals surface area contributed by atoms with Crippen LogP contribution in [0.2, 0.25) is 0 Å². The van der Waals surface area contributed by atoms with Crippen molar-refractivity contribution < 1.29 is 9.85 Å². The molecule has 1 aromatic carbocycles. The van der Waals surface area contributed by atoms with Crippen molar-refractivity contribution in [1.29, 1.82) is 0 Å². The summed E-state index contributed by atoms with van der Waals surface area (Å²) in [7, 11) is 0. The van der Waals surface area contributed by atoms with Crippen molar-refractivity contribution in [1.82, 2.24) is 0 Å². The standard InChI is InChI=1S/C9H9BrN2O4S/c1-6(5-10)17-9-3-2-7(11(13)14)4-8(9)12(15)16/h2-4,6H,5H2,1H3. The van der Waals surface area contributed by atoms with Crippen LogP contribution in [0.3, 0.4) is 0 Å². The largest absolute Gasteiger partial charge is 0.289 e. The van der Waals surface area contributed by atoms with E-state index in [9.17, 15) is 20.2 Å². The summed E-state index contributed by atoms with van der Waals surface area (Å²) in [5.41, 5.74) is -0.496. The molecule has 6 nitrogen and oxygen atoms in total. The lowest BCUT2D eigenvalue weighted by Crippen LogP contribution is -1.99. The van der Waals surface area contributed by atoms with Crippen molar-refractivity contribution in [3.8, 4) is 0 Å². The second-order valence-corrected chi connectivity index (χ2v) is 5.38. The molecule has 0 fully saturated rings. The Morgan fingerprint density at radius 1 is 1.35 bits per heavy atom. The number of non-ortho nitro benzene ring substituents is 1. The molecule has 17 heavy (non-hydrogen) atoms. The number of hydrogen-bond acceptors (Lipinski definition) is 5. The molecule has 0 aliphatic rings. The van der Waals surface area contributed by atoms with Crippen LogP contribution in [-0.2, 0) is 0 Å². The van der Waals surface area contributed by atoms with Crippen molar-refractivity contribution in [3.05, 3.63) is 38.4 Å². The Morgan fingerprint density at radius 3 is 2.47 bits per heavy atom. The van der Waals surface area contributed by atoms with Crippen LogP contribution in [0.1, 0.15) is 6.92 Å². The molecule has 0 heterocycles. The number of thioether (sulfide) groups is 1. The summed E-state index contributed by atoms with van der Waals surface area (Å²) in [5.74, 6) is 0. The third-order valence-electron chi connectivity index (χ3n) is 1.90. The second-order valence-electron chi connectivity index (χ2n) is 3.25. The lowest BCUT2D eigenvalue weighted by molar-refractivity contribution is -0.396. The lowest BCUT2D eigenvalue weighted by atomic mass is 10.3. The zero-order chi connectivity index (χ0) is 13.0. The zero-order valence-electron chi connectivity index (χ0n) is 8.83. The minimum absolute atomic E-state index is 0.148. The molecule has 0 amide bonds. The van der Waals surface area contributed by atoms with E-state index in [1.165, 1.54) is 23.9 Å². The maximum Gasteiger partial charge on any atom is 0.289 e. The van der Waals surface area contributed by atoms with E-state index in [1.807, 2.05) is 6.92 Å². The normalized spacial score (nSPS) is 12.1. The molecule has 92 valence electrons. The summed E-state index contributed by atoms with van der Waals surface area (Å²) < 4.78 is 0. The van der Waals surface area contributed by atoms with Crippen molar-refractivity contribution in [2.24, 2.45) is 0 Å². The van der Waals surface area contributed by atoms with Gasteiger partial charge >= 0.3 is 0 Å². The van der Waals surface area contributed by atoms with Gasteiger partial charge in [-0.05, 0) is 6.07 Å². The molecule has 0 aliphatic heterocycles. The molecule has 1 rings (SSSR count). The molecular formula is C9H9BrN2O4S. The van der Waals surface area contributed by atoms with Crippen LogP contribution in [0, 0.1) is 20.2 Å². The molecule has 0 saturated heterocycles. The minimum atomic E-state index is -0.643. The van der Waals surface area contributed by atoms with Crippen LogP contribution in [0.4, 0.5) is 11.4 Å². The molecule has 0 N–H and O–H groups in total. The molecule has 0 saturated carbocycles. The first kappa shape index (κ1) is 13.9. The Labute approximate surface area is 110 Å². The van der Waals surface area contributed by atoms with Gasteiger partial charge in [0, 0.05) is 16.6 Å². The second kappa shape index (κ2) is 5.97. The maximum atomic E-state index is 10.8. The fourth-order valence-electron chi connectivity index (χ4n) is 1.11. The third-order valence-corrected chi connectivity index (χ3v) is 4.46. The number of benzene rings is 1. The van der Waals surface area contributed by atoms with Gasteiger partial charge in [0.15, 0.2) is 0 Å². The number of nitro groups is 2. The smallest absolute Gasteiger partial charge is 0.258 e. The van der Waals surface area contributed by atoms with Gasteiger partial charge in [0.2, 0.25) is 0 Å². The van der Waals surface area contributed by atoms with Gasteiger partial charge < -0.3 is 0 Å². The van der Waals surface area contributed by atoms with Crippen LogP contribution in [-0.4, -0.2) is 20.4 Å². The first-order chi connectivity index (χ1) is 7.95. The van der Waals surface area contributed by atoms with Crippen LogP contribution in [0.5, 0.6) is 0 Å². The van der Waals surface area contributed by atoms with Gasteiger partial charge in [0.05, 0.1) is 20.8 Å². The number of halogens is 1. The van der Waals surface area contributed by atoms with Crippen LogP contribution < -0.4 is 0 Å². The first-order valence-corrected chi connectivity index (χ1v) is 6.61. The van der Waals surface area contributed by atoms with E-state index < -0.39 is 9.85 Å². The van der Waals surface area contributed by atoms with Crippen molar-refractivity contribution in [2.45, 2.75) is 17.1 Å². The fraction of sp³-hybridized carbons (Fsp3) is 0.333. The Balaban J connectivity index is 3.13. The van der Waals surface area contributed by atoms with E-state index in [4.69, 9.17) is 0 Å². The SMILES string of the molecule is CC(CBr)Sc1ccc([N+](=O)[O-])cc1[N+](=O)[O-]. The van der Waals surface area contributed by atoms with Crippen LogP contribution in [0.15, 0.2) is 23.1 Å². The molecule has 0 aromatic heterocycles. The molecule has 0 bridgehead atoms. The number of rotatable bonds is 5. The highest BCUT2D eigenvalue weighted by Crippen LogP contribution is 2.35. The fourth-order valence-corrected chi connectivity index (χ4v) is 2.40. The highest BCUT2D eigenvalue weighted by molar-refractivity contribution is 9.09. The van der Waals surface area contributed by atoms with E-state index in [0.29, 0.717) is 10.2 Å². The molecule has 0 spiro atoms. The monoisotopic (exact) mass is 320 g/mol. The summed E-state index contributed by atoms with van der Waals surface area (Å²) in [4.78, 5) is 20.6. The number of alkyl halides is 1. The van der Waals surface area contributed by atoms with Gasteiger partial charge in [-0.15, -0.1) is 11.8 Å². The van der Waals surface area contributed by atoms with E-state index in [0.717, 1.165) is 6.07 Å². The molecule has 0 radical (unpaired) electrons. The Kier molecular flexibility index (Phi) is 4.88. The van der Waals surface area contributed by atoms with Crippen molar-refractivity contribution in [2.75, 3.05) is 5.33 Å². The molecule has 1 unspecified atom stereocenters. The summed E-state index contributed by atoms with van der Waals surface area (Å²) in [6, 6.07) is 3.68. The number of nitro benzene ring substituents is 2. The minimum Gasteiger partial charge on any atom is -0.258 e. The van der Waals surface area contributed by atoms with Gasteiger partial charge in [-0.25, -0.2) is 0 Å². The predicted octanol–water partition coefficient (Wildman–Crippen LogP) is 3.38. The number of nitrogens with zero attached hydrogens (tertiary/aromatic N) is 2. The summed E-state index contributed by atoms with van der Waals surface area (Å²) in [5, 5.41) is 22.2. The van der Waals surface area contributed by atoms with Crippen molar-refractivity contribution >= 4 is 39.1 Å². The zero-order valence-corrected chi connectivity index (χ0v) is 11.2. The summed E-state index contributed by atoms with van der Waals surface area (Å²) in [6.45, 7) is 1.91. The highest BCUT2D eigenvalue weighted by atomic mass is 79.9. The average molecular weight is 321 g/mol. The van der Waals surface area contributed by atoms with Gasteiger partial charge in [-0.1, -0.05) is 22.9 Å². The topological polar surface area (TPSA) is 86.3 Å². The molecule has 1 atom stereocenters. The Hall–Kier alpha value is -1.15. The lowest BCUT2D eigenvalue weighted by Gasteiger charge is -2.07. The Bertz CT molecular complexity index is 455. The first-order valence-electron chi connectivity index (χ1n) is 4.61. The molecule has 0 aliphatic carbocycles. The predicted molar refractivity (Wildman–Crippen MR) is 68.9 cm³/mol. The maximum absolute atomic E-state index is 10.8. The highest BCUT2D eigenvalue weighted by Gasteiger charge is 2.20. The molecular weight excluding hydrogens is 312 g/mol. The van der Waals surface area contributed by atoms with Gasteiger partial charge in [-0.2, -0.15) is 0 Å². The van der Waals surface area contributed by atoms with Crippen molar-refractivity contribution in [3.63, 3.8) is 0 Å². The number of hydrogen-bond donors (Lipinski definition) is 0.